The Balaban J connectivity index is 1.47. The molecule has 0 radical (unpaired) electrons. The molecule has 0 atom stereocenters. The van der Waals surface area contributed by atoms with Gasteiger partial charge in [-0.15, -0.1) is 6.58 Å². The van der Waals surface area contributed by atoms with Crippen LogP contribution >= 0.6 is 0 Å². The first kappa shape index (κ1) is 32.5. The molecule has 3 N–H and O–H groups in total. The average molecular weight is 605 g/mol. The van der Waals surface area contributed by atoms with E-state index in [1.807, 2.05) is 31.3 Å². The summed E-state index contributed by atoms with van der Waals surface area (Å²) in [5.41, 5.74) is 0.746. The quantitative estimate of drug-likeness (QED) is 0.129. The molecular weight excluding hydrogens is 564 g/mol. The van der Waals surface area contributed by atoms with E-state index in [1.54, 1.807) is 54.8 Å². The van der Waals surface area contributed by atoms with Crippen LogP contribution in [0.15, 0.2) is 66.1 Å². The SMILES string of the molecule is C=CCn1c(=O)c2cnc(Nc3ccc(N(C)C(=O)CCOCCOCCNC)cc3)nc2n1-c1cccc(C(C)(C)O)n1. The van der Waals surface area contributed by atoms with Crippen molar-refractivity contribution in [3.8, 4) is 5.82 Å². The number of anilines is 3. The minimum atomic E-state index is -1.18. The lowest BCUT2D eigenvalue weighted by Crippen LogP contribution is -2.27. The van der Waals surface area contributed by atoms with Crippen molar-refractivity contribution in [3.05, 3.63) is 77.4 Å². The highest BCUT2D eigenvalue weighted by atomic mass is 16.5. The number of fused-ring (bicyclic) bond motifs is 1. The van der Waals surface area contributed by atoms with Gasteiger partial charge in [-0.1, -0.05) is 12.1 Å². The first-order valence-electron chi connectivity index (χ1n) is 14.4. The van der Waals surface area contributed by atoms with Crippen molar-refractivity contribution in [2.45, 2.75) is 32.4 Å². The third kappa shape index (κ3) is 7.94. The minimum Gasteiger partial charge on any atom is -0.384 e. The lowest BCUT2D eigenvalue weighted by molar-refractivity contribution is -0.119. The Morgan fingerprint density at radius 1 is 1.09 bits per heavy atom. The molecule has 13 heteroatoms. The molecule has 0 saturated heterocycles. The molecule has 0 aliphatic rings. The summed E-state index contributed by atoms with van der Waals surface area (Å²) in [5, 5.41) is 17.0. The van der Waals surface area contributed by atoms with Crippen LogP contribution in [0.2, 0.25) is 0 Å². The van der Waals surface area contributed by atoms with E-state index < -0.39 is 5.60 Å². The van der Waals surface area contributed by atoms with Crippen LogP contribution in [0.3, 0.4) is 0 Å². The first-order chi connectivity index (χ1) is 21.1. The van der Waals surface area contributed by atoms with Gasteiger partial charge < -0.3 is 30.1 Å². The second kappa shape index (κ2) is 14.8. The number of ether oxygens (including phenoxy) is 2. The van der Waals surface area contributed by atoms with Gasteiger partial charge in [-0.25, -0.2) is 19.3 Å². The van der Waals surface area contributed by atoms with E-state index in [0.717, 1.165) is 12.2 Å². The van der Waals surface area contributed by atoms with Gasteiger partial charge in [-0.2, -0.15) is 4.98 Å². The third-order valence-electron chi connectivity index (χ3n) is 6.77. The summed E-state index contributed by atoms with van der Waals surface area (Å²) < 4.78 is 14.0. The molecule has 13 nitrogen and oxygen atoms in total. The van der Waals surface area contributed by atoms with Crippen molar-refractivity contribution in [1.29, 1.82) is 0 Å². The summed E-state index contributed by atoms with van der Waals surface area (Å²) in [6.45, 7) is 9.93. The standard InChI is InChI=1S/C31H40N8O5/c1-6-16-38-29(41)24-21-33-30(36-28(24)39(38)26-9-7-8-25(35-26)31(2,3)42)34-22-10-12-23(13-11-22)37(5)27(40)14-17-43-19-20-44-18-15-32-4/h6-13,21,32,42H,1,14-20H2,2-5H3,(H,33,34,36). The molecule has 3 aromatic heterocycles. The Hall–Kier alpha value is -4.43. The van der Waals surface area contributed by atoms with E-state index in [2.05, 4.69) is 32.2 Å². The molecule has 3 heterocycles. The van der Waals surface area contributed by atoms with E-state index in [9.17, 15) is 14.7 Å². The Bertz CT molecular complexity index is 1630. The molecule has 0 saturated carbocycles. The number of nitrogens with one attached hydrogen (secondary N) is 2. The molecule has 0 aliphatic heterocycles. The highest BCUT2D eigenvalue weighted by Gasteiger charge is 2.22. The minimum absolute atomic E-state index is 0.0696. The number of allylic oxidation sites excluding steroid dienone is 1. The largest absolute Gasteiger partial charge is 0.384 e. The Morgan fingerprint density at radius 3 is 2.50 bits per heavy atom. The summed E-state index contributed by atoms with van der Waals surface area (Å²) in [5.74, 6) is 0.619. The van der Waals surface area contributed by atoms with Crippen LogP contribution in [-0.2, 0) is 26.4 Å². The number of carbonyl (C=O) groups excluding carboxylic acids is 1. The monoisotopic (exact) mass is 604 g/mol. The van der Waals surface area contributed by atoms with Gasteiger partial charge in [0, 0.05) is 31.2 Å². The predicted molar refractivity (Wildman–Crippen MR) is 170 cm³/mol. The van der Waals surface area contributed by atoms with Gasteiger partial charge in [0.2, 0.25) is 11.9 Å². The topological polar surface area (TPSA) is 149 Å². The third-order valence-corrected chi connectivity index (χ3v) is 6.77. The normalized spacial score (nSPS) is 11.6. The second-order valence-corrected chi connectivity index (χ2v) is 10.6. The van der Waals surface area contributed by atoms with Gasteiger partial charge in [0.1, 0.15) is 11.0 Å². The zero-order valence-electron chi connectivity index (χ0n) is 25.6. The molecule has 1 aromatic carbocycles. The van der Waals surface area contributed by atoms with Gasteiger partial charge in [0.05, 0.1) is 45.1 Å². The number of pyridine rings is 1. The van der Waals surface area contributed by atoms with Crippen molar-refractivity contribution in [2.75, 3.05) is 57.3 Å². The number of rotatable bonds is 16. The van der Waals surface area contributed by atoms with Crippen molar-refractivity contribution >= 4 is 34.3 Å². The molecule has 0 fully saturated rings. The van der Waals surface area contributed by atoms with Crippen LogP contribution in [0, 0.1) is 0 Å². The summed E-state index contributed by atoms with van der Waals surface area (Å²) in [4.78, 5) is 41.1. The number of hydrogen-bond donors (Lipinski definition) is 3. The Kier molecular flexibility index (Phi) is 11.0. The number of hydrogen-bond acceptors (Lipinski definition) is 10. The van der Waals surface area contributed by atoms with Crippen molar-refractivity contribution in [3.63, 3.8) is 0 Å². The Morgan fingerprint density at radius 2 is 1.82 bits per heavy atom. The summed E-state index contributed by atoms with van der Waals surface area (Å²) in [6, 6.07) is 12.5. The van der Waals surface area contributed by atoms with Crippen LogP contribution in [0.25, 0.3) is 16.9 Å². The van der Waals surface area contributed by atoms with Gasteiger partial charge >= 0.3 is 0 Å². The van der Waals surface area contributed by atoms with Gasteiger partial charge in [0.15, 0.2) is 11.5 Å². The zero-order valence-corrected chi connectivity index (χ0v) is 25.6. The predicted octanol–water partition coefficient (Wildman–Crippen LogP) is 2.74. The van der Waals surface area contributed by atoms with Gasteiger partial charge in [0.25, 0.3) is 5.56 Å². The van der Waals surface area contributed by atoms with E-state index >= 15 is 0 Å². The zero-order chi connectivity index (χ0) is 31.7. The molecule has 1 amide bonds. The van der Waals surface area contributed by atoms with Crippen LogP contribution in [0.5, 0.6) is 0 Å². The number of likely N-dealkylation sites (N-methyl/N-ethyl adjacent to an activating group) is 1. The molecule has 0 spiro atoms. The molecule has 234 valence electrons. The number of nitrogens with zero attached hydrogens (tertiary/aromatic N) is 6. The molecule has 4 aromatic rings. The van der Waals surface area contributed by atoms with E-state index in [-0.39, 0.29) is 30.4 Å². The van der Waals surface area contributed by atoms with E-state index in [4.69, 9.17) is 9.47 Å². The fourth-order valence-electron chi connectivity index (χ4n) is 4.36. The maximum Gasteiger partial charge on any atom is 0.278 e. The van der Waals surface area contributed by atoms with Gasteiger partial charge in [-0.3, -0.25) is 9.59 Å². The van der Waals surface area contributed by atoms with Crippen LogP contribution < -0.4 is 21.1 Å². The fourth-order valence-corrected chi connectivity index (χ4v) is 4.36. The van der Waals surface area contributed by atoms with Crippen LogP contribution in [0.1, 0.15) is 26.0 Å². The molecule has 0 unspecified atom stereocenters. The molecule has 44 heavy (non-hydrogen) atoms. The highest BCUT2D eigenvalue weighted by Crippen LogP contribution is 2.23. The van der Waals surface area contributed by atoms with Crippen LogP contribution in [0.4, 0.5) is 17.3 Å². The van der Waals surface area contributed by atoms with Gasteiger partial charge in [-0.05, 0) is 57.3 Å². The summed E-state index contributed by atoms with van der Waals surface area (Å²) >= 11 is 0. The first-order valence-corrected chi connectivity index (χ1v) is 14.4. The van der Waals surface area contributed by atoms with E-state index in [1.165, 1.54) is 10.9 Å². The molecule has 0 bridgehead atoms. The molecule has 4 rings (SSSR count). The highest BCUT2D eigenvalue weighted by molar-refractivity contribution is 5.93. The Labute approximate surface area is 256 Å². The van der Waals surface area contributed by atoms with Crippen LogP contribution in [-0.4, -0.2) is 82.4 Å². The number of carbonyl (C=O) groups is 1. The lowest BCUT2D eigenvalue weighted by atomic mass is 10.1. The second-order valence-electron chi connectivity index (χ2n) is 10.6. The maximum absolute atomic E-state index is 13.2. The average Bonchev–Trinajstić information content (AvgIpc) is 3.28. The number of benzene rings is 1. The van der Waals surface area contributed by atoms with Crippen molar-refractivity contribution in [2.24, 2.45) is 0 Å². The number of aromatic nitrogens is 5. The molecular formula is C31H40N8O5. The lowest BCUT2D eigenvalue weighted by Gasteiger charge is -2.18. The molecule has 0 aliphatic carbocycles. The smallest absolute Gasteiger partial charge is 0.278 e. The van der Waals surface area contributed by atoms with E-state index in [0.29, 0.717) is 54.7 Å². The summed E-state index contributed by atoms with van der Waals surface area (Å²) in [7, 11) is 3.58. The number of amides is 1. The fraction of sp³-hybridized carbons (Fsp3) is 0.387. The van der Waals surface area contributed by atoms with Crippen molar-refractivity contribution < 1.29 is 19.4 Å². The maximum atomic E-state index is 13.2. The summed E-state index contributed by atoms with van der Waals surface area (Å²) in [6.07, 6.45) is 3.34. The number of aliphatic hydroxyl groups is 1. The van der Waals surface area contributed by atoms with Crippen molar-refractivity contribution in [1.82, 2.24) is 29.6 Å².